The molecule has 0 unspecified atom stereocenters. The van der Waals surface area contributed by atoms with Gasteiger partial charge >= 0.3 is 6.03 Å². The van der Waals surface area contributed by atoms with Gasteiger partial charge in [0.25, 0.3) is 0 Å². The lowest BCUT2D eigenvalue weighted by Gasteiger charge is -2.10. The van der Waals surface area contributed by atoms with Crippen LogP contribution in [0.15, 0.2) is 18.2 Å². The summed E-state index contributed by atoms with van der Waals surface area (Å²) in [6, 6.07) is 4.69. The molecule has 0 spiro atoms. The number of anilines is 1. The molecule has 0 aliphatic rings. The molecular formula is C11H15ClN2O3. The molecule has 0 bridgehead atoms. The van der Waals surface area contributed by atoms with Crippen LogP contribution in [0.5, 0.6) is 0 Å². The van der Waals surface area contributed by atoms with E-state index in [1.54, 1.807) is 18.2 Å². The number of halogens is 1. The minimum Gasteiger partial charge on any atom is -0.394 e. The van der Waals surface area contributed by atoms with Gasteiger partial charge in [-0.25, -0.2) is 4.79 Å². The molecule has 4 N–H and O–H groups in total. The third-order valence-corrected chi connectivity index (χ3v) is 2.55. The highest BCUT2D eigenvalue weighted by atomic mass is 35.5. The molecule has 0 saturated carbocycles. The molecular weight excluding hydrogens is 244 g/mol. The van der Waals surface area contributed by atoms with Gasteiger partial charge in [-0.2, -0.15) is 0 Å². The standard InChI is InChI=1S/C11H15ClN2O3/c1-7-2-3-8(4-10(7)12)14-11(17)13-5-9(16)6-15/h2-4,9,15-16H,5-6H2,1H3,(H2,13,14,17)/t9-/m1/s1. The van der Waals surface area contributed by atoms with Gasteiger partial charge in [0.15, 0.2) is 0 Å². The summed E-state index contributed by atoms with van der Waals surface area (Å²) in [5.74, 6) is 0. The van der Waals surface area contributed by atoms with Crippen LogP contribution in [-0.2, 0) is 0 Å². The van der Waals surface area contributed by atoms with Crippen molar-refractivity contribution in [1.82, 2.24) is 5.32 Å². The highest BCUT2D eigenvalue weighted by Gasteiger charge is 2.06. The Bertz CT molecular complexity index is 398. The fourth-order valence-electron chi connectivity index (χ4n) is 1.12. The molecule has 0 aliphatic heterocycles. The average Bonchev–Trinajstić information content (AvgIpc) is 2.31. The van der Waals surface area contributed by atoms with E-state index in [1.807, 2.05) is 6.92 Å². The van der Waals surface area contributed by atoms with E-state index in [0.717, 1.165) is 5.56 Å². The van der Waals surface area contributed by atoms with Crippen LogP contribution in [0.3, 0.4) is 0 Å². The number of aliphatic hydroxyl groups is 2. The van der Waals surface area contributed by atoms with Gasteiger partial charge in [0.2, 0.25) is 0 Å². The molecule has 0 radical (unpaired) electrons. The second-order valence-electron chi connectivity index (χ2n) is 3.64. The molecule has 2 amide bonds. The zero-order valence-electron chi connectivity index (χ0n) is 9.40. The molecule has 6 heteroatoms. The lowest BCUT2D eigenvalue weighted by Crippen LogP contribution is -2.36. The molecule has 1 rings (SSSR count). The Hall–Kier alpha value is -1.30. The summed E-state index contributed by atoms with van der Waals surface area (Å²) in [5.41, 5.74) is 1.49. The van der Waals surface area contributed by atoms with E-state index >= 15 is 0 Å². The van der Waals surface area contributed by atoms with Gasteiger partial charge in [-0.1, -0.05) is 17.7 Å². The lowest BCUT2D eigenvalue weighted by molar-refractivity contribution is 0.0965. The molecule has 0 saturated heterocycles. The minimum atomic E-state index is -0.956. The minimum absolute atomic E-state index is 0.0120. The smallest absolute Gasteiger partial charge is 0.319 e. The molecule has 0 aromatic heterocycles. The van der Waals surface area contributed by atoms with Crippen molar-refractivity contribution in [2.45, 2.75) is 13.0 Å². The van der Waals surface area contributed by atoms with Gasteiger partial charge in [-0.3, -0.25) is 0 Å². The second kappa shape index (κ2) is 6.44. The lowest BCUT2D eigenvalue weighted by atomic mass is 10.2. The van der Waals surface area contributed by atoms with Gasteiger partial charge in [0, 0.05) is 17.3 Å². The first kappa shape index (κ1) is 13.8. The van der Waals surface area contributed by atoms with Crippen LogP contribution in [0.2, 0.25) is 5.02 Å². The Morgan fingerprint density at radius 1 is 1.53 bits per heavy atom. The molecule has 5 nitrogen and oxygen atoms in total. The number of hydrogen-bond donors (Lipinski definition) is 4. The van der Waals surface area contributed by atoms with Gasteiger partial charge in [0.1, 0.15) is 0 Å². The first-order valence-corrected chi connectivity index (χ1v) is 5.50. The van der Waals surface area contributed by atoms with Crippen molar-refractivity contribution in [1.29, 1.82) is 0 Å². The Balaban J connectivity index is 2.48. The molecule has 1 atom stereocenters. The third kappa shape index (κ3) is 4.60. The molecule has 0 heterocycles. The van der Waals surface area contributed by atoms with Crippen molar-refractivity contribution in [3.05, 3.63) is 28.8 Å². The van der Waals surface area contributed by atoms with E-state index in [4.69, 9.17) is 21.8 Å². The fraction of sp³-hybridized carbons (Fsp3) is 0.364. The maximum atomic E-state index is 11.4. The van der Waals surface area contributed by atoms with Crippen LogP contribution in [0.25, 0.3) is 0 Å². The second-order valence-corrected chi connectivity index (χ2v) is 4.04. The number of benzene rings is 1. The molecule has 94 valence electrons. The summed E-state index contributed by atoms with van der Waals surface area (Å²) >= 11 is 5.90. The first-order valence-electron chi connectivity index (χ1n) is 5.13. The van der Waals surface area contributed by atoms with Crippen molar-refractivity contribution < 1.29 is 15.0 Å². The van der Waals surface area contributed by atoms with E-state index in [1.165, 1.54) is 0 Å². The normalized spacial score (nSPS) is 12.0. The molecule has 1 aromatic carbocycles. The number of amides is 2. The predicted octanol–water partition coefficient (Wildman–Crippen LogP) is 1.12. The quantitative estimate of drug-likeness (QED) is 0.653. The largest absolute Gasteiger partial charge is 0.394 e. The number of rotatable bonds is 4. The number of nitrogens with one attached hydrogen (secondary N) is 2. The molecule has 17 heavy (non-hydrogen) atoms. The number of urea groups is 1. The monoisotopic (exact) mass is 258 g/mol. The fourth-order valence-corrected chi connectivity index (χ4v) is 1.30. The SMILES string of the molecule is Cc1ccc(NC(=O)NC[C@@H](O)CO)cc1Cl. The zero-order valence-corrected chi connectivity index (χ0v) is 10.2. The van der Waals surface area contributed by atoms with Gasteiger partial charge in [-0.05, 0) is 24.6 Å². The van der Waals surface area contributed by atoms with Crippen molar-refractivity contribution >= 4 is 23.3 Å². The summed E-state index contributed by atoms with van der Waals surface area (Å²) in [6.07, 6.45) is -0.956. The number of hydrogen-bond acceptors (Lipinski definition) is 3. The number of aliphatic hydroxyl groups excluding tert-OH is 2. The Morgan fingerprint density at radius 3 is 2.82 bits per heavy atom. The summed E-state index contributed by atoms with van der Waals surface area (Å²) in [5, 5.41) is 23.1. The van der Waals surface area contributed by atoms with E-state index < -0.39 is 18.7 Å². The van der Waals surface area contributed by atoms with E-state index in [2.05, 4.69) is 10.6 Å². The summed E-state index contributed by atoms with van der Waals surface area (Å²) in [7, 11) is 0. The Kier molecular flexibility index (Phi) is 5.21. The van der Waals surface area contributed by atoms with Crippen LogP contribution < -0.4 is 10.6 Å². The van der Waals surface area contributed by atoms with Crippen LogP contribution in [0.1, 0.15) is 5.56 Å². The third-order valence-electron chi connectivity index (χ3n) is 2.14. The average molecular weight is 259 g/mol. The van der Waals surface area contributed by atoms with E-state index in [-0.39, 0.29) is 6.54 Å². The number of carbonyl (C=O) groups is 1. The topological polar surface area (TPSA) is 81.6 Å². The molecule has 0 fully saturated rings. The van der Waals surface area contributed by atoms with Gasteiger partial charge in [-0.15, -0.1) is 0 Å². The van der Waals surface area contributed by atoms with Gasteiger partial charge < -0.3 is 20.8 Å². The number of carbonyl (C=O) groups excluding carboxylic acids is 1. The highest BCUT2D eigenvalue weighted by molar-refractivity contribution is 6.31. The Morgan fingerprint density at radius 2 is 2.24 bits per heavy atom. The maximum Gasteiger partial charge on any atom is 0.319 e. The maximum absolute atomic E-state index is 11.4. The van der Waals surface area contributed by atoms with E-state index in [9.17, 15) is 4.79 Å². The van der Waals surface area contributed by atoms with Crippen molar-refractivity contribution in [2.75, 3.05) is 18.5 Å². The molecule has 1 aromatic rings. The van der Waals surface area contributed by atoms with Crippen LogP contribution in [-0.4, -0.2) is 35.5 Å². The van der Waals surface area contributed by atoms with Crippen molar-refractivity contribution in [3.63, 3.8) is 0 Å². The highest BCUT2D eigenvalue weighted by Crippen LogP contribution is 2.19. The molecule has 0 aliphatic carbocycles. The summed E-state index contributed by atoms with van der Waals surface area (Å²) in [4.78, 5) is 11.4. The first-order chi connectivity index (χ1) is 8.02. The van der Waals surface area contributed by atoms with Crippen LogP contribution in [0, 0.1) is 6.92 Å². The number of aryl methyl sites for hydroxylation is 1. The van der Waals surface area contributed by atoms with E-state index in [0.29, 0.717) is 10.7 Å². The van der Waals surface area contributed by atoms with Crippen LogP contribution >= 0.6 is 11.6 Å². The Labute approximate surface area is 104 Å². The van der Waals surface area contributed by atoms with Crippen LogP contribution in [0.4, 0.5) is 10.5 Å². The van der Waals surface area contributed by atoms with Crippen molar-refractivity contribution in [3.8, 4) is 0 Å². The van der Waals surface area contributed by atoms with Crippen molar-refractivity contribution in [2.24, 2.45) is 0 Å². The zero-order chi connectivity index (χ0) is 12.8. The summed E-state index contributed by atoms with van der Waals surface area (Å²) < 4.78 is 0. The summed E-state index contributed by atoms with van der Waals surface area (Å²) in [6.45, 7) is 1.46. The predicted molar refractivity (Wildman–Crippen MR) is 66.3 cm³/mol. The van der Waals surface area contributed by atoms with Gasteiger partial charge in [0.05, 0.1) is 12.7 Å².